The van der Waals surface area contributed by atoms with Crippen LogP contribution in [0.3, 0.4) is 0 Å². The monoisotopic (exact) mass is 457 g/mol. The van der Waals surface area contributed by atoms with Gasteiger partial charge in [-0.1, -0.05) is 0 Å². The molecule has 0 aromatic carbocycles. The maximum atomic E-state index is 15.1. The molecule has 0 radical (unpaired) electrons. The lowest BCUT2D eigenvalue weighted by Crippen LogP contribution is -2.67. The number of hydrogen-bond donors (Lipinski definition) is 6. The number of hydrogen-bond acceptors (Lipinski definition) is 9. The summed E-state index contributed by atoms with van der Waals surface area (Å²) in [6, 6.07) is -0.150. The van der Waals surface area contributed by atoms with Gasteiger partial charge in [-0.2, -0.15) is 0 Å². The molecule has 5 rings (SSSR count). The van der Waals surface area contributed by atoms with Crippen LogP contribution in [0.25, 0.3) is 0 Å². The van der Waals surface area contributed by atoms with Crippen molar-refractivity contribution in [1.82, 2.24) is 41.5 Å². The summed E-state index contributed by atoms with van der Waals surface area (Å²) in [7, 11) is 0. The van der Waals surface area contributed by atoms with Gasteiger partial charge in [0.1, 0.15) is 12.3 Å². The van der Waals surface area contributed by atoms with E-state index in [1.54, 1.807) is 5.01 Å². The molecule has 5 saturated heterocycles. The van der Waals surface area contributed by atoms with Crippen LogP contribution in [0.2, 0.25) is 0 Å². The third-order valence-electron chi connectivity index (χ3n) is 7.77. The average molecular weight is 458 g/mol. The summed E-state index contributed by atoms with van der Waals surface area (Å²) in [5, 5.41) is 14.4. The highest BCUT2D eigenvalue weighted by atomic mass is 19.1. The first-order chi connectivity index (χ1) is 15.5. The molecule has 5 fully saturated rings. The molecule has 1 amide bonds. The zero-order valence-corrected chi connectivity index (χ0v) is 18.5. The Bertz CT molecular complexity index is 661. The van der Waals surface area contributed by atoms with Crippen molar-refractivity contribution >= 4 is 5.91 Å². The molecule has 7 unspecified atom stereocenters. The van der Waals surface area contributed by atoms with Crippen LogP contribution < -0.4 is 32.4 Å². The fourth-order valence-electron chi connectivity index (χ4n) is 6.13. The van der Waals surface area contributed by atoms with Crippen LogP contribution in [0.15, 0.2) is 0 Å². The molecule has 12 heteroatoms. The molecule has 0 aromatic rings. The summed E-state index contributed by atoms with van der Waals surface area (Å²) in [5.41, 5.74) is 9.19. The van der Waals surface area contributed by atoms with E-state index in [4.69, 9.17) is 5.73 Å². The Kier molecular flexibility index (Phi) is 6.91. The van der Waals surface area contributed by atoms with Gasteiger partial charge in [-0.15, -0.1) is 0 Å². The number of halogens is 2. The number of hydrazine groups is 1. The van der Waals surface area contributed by atoms with Gasteiger partial charge in [0.05, 0.1) is 30.3 Å². The van der Waals surface area contributed by atoms with Crippen molar-refractivity contribution in [1.29, 1.82) is 0 Å². The minimum absolute atomic E-state index is 0.191. The molecule has 0 aromatic heterocycles. The number of piperidine rings is 2. The van der Waals surface area contributed by atoms with Gasteiger partial charge in [0.25, 0.3) is 0 Å². The highest BCUT2D eigenvalue weighted by molar-refractivity contribution is 5.81. The normalized spacial score (nSPS) is 42.8. The van der Waals surface area contributed by atoms with Crippen LogP contribution >= 0.6 is 0 Å². The zero-order valence-electron chi connectivity index (χ0n) is 18.5. The molecule has 182 valence electrons. The number of nitrogens with zero attached hydrogens (tertiary/aromatic N) is 3. The molecule has 0 saturated carbocycles. The third kappa shape index (κ3) is 4.51. The van der Waals surface area contributed by atoms with E-state index in [0.29, 0.717) is 19.1 Å². The fourth-order valence-corrected chi connectivity index (χ4v) is 6.13. The number of fused-ring (bicyclic) bond motifs is 1. The Morgan fingerprint density at radius 1 is 1.03 bits per heavy atom. The minimum Gasteiger partial charge on any atom is -0.350 e. The molecule has 7 N–H and O–H groups in total. The molecular weight excluding hydrogens is 420 g/mol. The number of nitrogens with two attached hydrogens (primary N) is 1. The third-order valence-corrected chi connectivity index (χ3v) is 7.77. The molecule has 10 nitrogen and oxygen atoms in total. The second kappa shape index (κ2) is 9.71. The standard InChI is InChI=1S/C20H37F2N9O/c21-12-7-26-19-16(18(23)28-31(19)10-12)20(32)27-15-9-25-8-14(22)17(15)29-4-1-13(2-5-29)30-6-3-24-11-30/h12-19,24-26,28H,1-11,23H2,(H,27,32). The maximum absolute atomic E-state index is 15.1. The van der Waals surface area contributed by atoms with E-state index >= 15 is 4.39 Å². The summed E-state index contributed by atoms with van der Waals surface area (Å²) >= 11 is 0. The number of rotatable bonds is 4. The van der Waals surface area contributed by atoms with Gasteiger partial charge in [0.15, 0.2) is 0 Å². The SMILES string of the molecule is NC1NN2CC(F)CNC2C1C(=O)NC1CNCC(F)C1N1CCC(N2CCNC2)CC1. The van der Waals surface area contributed by atoms with Crippen LogP contribution in [0.5, 0.6) is 0 Å². The molecule has 7 atom stereocenters. The molecule has 0 spiro atoms. The number of alkyl halides is 2. The smallest absolute Gasteiger partial charge is 0.229 e. The van der Waals surface area contributed by atoms with Crippen LogP contribution in [0.4, 0.5) is 8.78 Å². The summed E-state index contributed by atoms with van der Waals surface area (Å²) < 4.78 is 28.9. The Labute approximate surface area is 187 Å². The number of carbonyl (C=O) groups excluding carboxylic acids is 1. The first-order valence-corrected chi connectivity index (χ1v) is 12.0. The van der Waals surface area contributed by atoms with Gasteiger partial charge in [-0.05, 0) is 12.8 Å². The van der Waals surface area contributed by atoms with Gasteiger partial charge < -0.3 is 21.7 Å². The maximum Gasteiger partial charge on any atom is 0.229 e. The van der Waals surface area contributed by atoms with Crippen molar-refractivity contribution in [2.24, 2.45) is 11.7 Å². The van der Waals surface area contributed by atoms with Gasteiger partial charge >= 0.3 is 0 Å². The van der Waals surface area contributed by atoms with Crippen molar-refractivity contribution in [2.75, 3.05) is 59.0 Å². The van der Waals surface area contributed by atoms with Crippen molar-refractivity contribution < 1.29 is 13.6 Å². The predicted octanol–water partition coefficient (Wildman–Crippen LogP) is -2.90. The first-order valence-electron chi connectivity index (χ1n) is 12.0. The quantitative estimate of drug-likeness (QED) is 0.265. The van der Waals surface area contributed by atoms with E-state index in [2.05, 4.69) is 36.5 Å². The number of likely N-dealkylation sites (tertiary alicyclic amines) is 1. The summed E-state index contributed by atoms with van der Waals surface area (Å²) in [6.07, 6.45) is -1.00. The Morgan fingerprint density at radius 2 is 1.84 bits per heavy atom. The summed E-state index contributed by atoms with van der Waals surface area (Å²) in [4.78, 5) is 17.9. The highest BCUT2D eigenvalue weighted by Gasteiger charge is 2.48. The number of amides is 1. The van der Waals surface area contributed by atoms with Crippen molar-refractivity contribution in [2.45, 2.75) is 55.6 Å². The van der Waals surface area contributed by atoms with E-state index in [-0.39, 0.29) is 37.2 Å². The van der Waals surface area contributed by atoms with E-state index in [1.807, 2.05) is 0 Å². The van der Waals surface area contributed by atoms with E-state index in [0.717, 1.165) is 45.7 Å². The molecule has 5 aliphatic heterocycles. The minimum atomic E-state index is -1.05. The van der Waals surface area contributed by atoms with E-state index in [1.165, 1.54) is 0 Å². The van der Waals surface area contributed by atoms with Gasteiger partial charge in [-0.25, -0.2) is 19.2 Å². The van der Waals surface area contributed by atoms with Crippen LogP contribution in [0, 0.1) is 5.92 Å². The Balaban J connectivity index is 1.22. The van der Waals surface area contributed by atoms with Gasteiger partial charge in [-0.3, -0.25) is 19.9 Å². The predicted molar refractivity (Wildman–Crippen MR) is 116 cm³/mol. The highest BCUT2D eigenvalue weighted by Crippen LogP contribution is 2.26. The van der Waals surface area contributed by atoms with Crippen molar-refractivity contribution in [3.63, 3.8) is 0 Å². The number of carbonyl (C=O) groups is 1. The molecule has 0 aliphatic carbocycles. The molecule has 0 bridgehead atoms. The average Bonchev–Trinajstić information content (AvgIpc) is 3.41. The topological polar surface area (TPSA) is 113 Å². The van der Waals surface area contributed by atoms with Crippen molar-refractivity contribution in [3.05, 3.63) is 0 Å². The lowest BCUT2D eigenvalue weighted by atomic mass is 9.92. The van der Waals surface area contributed by atoms with Crippen LogP contribution in [-0.4, -0.2) is 123 Å². The van der Waals surface area contributed by atoms with Crippen LogP contribution in [-0.2, 0) is 4.79 Å². The van der Waals surface area contributed by atoms with Crippen molar-refractivity contribution in [3.8, 4) is 0 Å². The summed E-state index contributed by atoms with van der Waals surface area (Å²) in [6.45, 7) is 5.92. The van der Waals surface area contributed by atoms with Crippen LogP contribution in [0.1, 0.15) is 12.8 Å². The summed E-state index contributed by atoms with van der Waals surface area (Å²) in [5.74, 6) is -0.789. The second-order valence-corrected chi connectivity index (χ2v) is 9.80. The van der Waals surface area contributed by atoms with E-state index in [9.17, 15) is 9.18 Å². The first kappa shape index (κ1) is 22.8. The zero-order chi connectivity index (χ0) is 22.2. The largest absolute Gasteiger partial charge is 0.350 e. The lowest BCUT2D eigenvalue weighted by molar-refractivity contribution is -0.128. The van der Waals surface area contributed by atoms with Gasteiger partial charge in [0.2, 0.25) is 5.91 Å². The Morgan fingerprint density at radius 3 is 2.59 bits per heavy atom. The molecule has 5 aliphatic rings. The Hall–Kier alpha value is -0.990. The van der Waals surface area contributed by atoms with E-state index < -0.39 is 24.4 Å². The molecular formula is C20H37F2N9O. The molecule has 5 heterocycles. The van der Waals surface area contributed by atoms with Gasteiger partial charge in [0, 0.05) is 65.1 Å². The number of nitrogens with one attached hydrogen (secondary N) is 5. The fraction of sp³-hybridized carbons (Fsp3) is 0.950. The lowest BCUT2D eigenvalue weighted by Gasteiger charge is -2.46. The second-order valence-electron chi connectivity index (χ2n) is 9.80. The molecule has 32 heavy (non-hydrogen) atoms.